The van der Waals surface area contributed by atoms with Gasteiger partial charge in [-0.25, -0.2) is 0 Å². The van der Waals surface area contributed by atoms with Gasteiger partial charge in [0.25, 0.3) is 10.1 Å². The van der Waals surface area contributed by atoms with Crippen molar-refractivity contribution in [1.82, 2.24) is 0 Å². The summed E-state index contributed by atoms with van der Waals surface area (Å²) < 4.78 is 29.1. The Bertz CT molecular complexity index is 492. The average molecular weight is 254 g/mol. The second kappa shape index (κ2) is 4.10. The first-order chi connectivity index (χ1) is 7.78. The number of hydrogen-bond donors (Lipinski definition) is 0. The summed E-state index contributed by atoms with van der Waals surface area (Å²) in [5, 5.41) is 0. The summed E-state index contributed by atoms with van der Waals surface area (Å²) in [5.74, 6) is 0. The standard InChI is InChI=1S/C13H18O3S/c1-10-4-6-12(7-5-10)17(14,15)16-11-8-13(2,3)9-11/h4-7,11H,8-9H2,1-3H3. The van der Waals surface area contributed by atoms with E-state index < -0.39 is 10.1 Å². The summed E-state index contributed by atoms with van der Waals surface area (Å²) in [6.07, 6.45) is 1.45. The number of hydrogen-bond acceptors (Lipinski definition) is 3. The van der Waals surface area contributed by atoms with Crippen LogP contribution < -0.4 is 0 Å². The van der Waals surface area contributed by atoms with Crippen molar-refractivity contribution in [3.05, 3.63) is 29.8 Å². The van der Waals surface area contributed by atoms with Crippen LogP contribution in [0.1, 0.15) is 32.3 Å². The van der Waals surface area contributed by atoms with Crippen LogP contribution in [-0.4, -0.2) is 14.5 Å². The van der Waals surface area contributed by atoms with Gasteiger partial charge in [0.05, 0.1) is 11.0 Å². The predicted octanol–water partition coefficient (Wildman–Crippen LogP) is 2.89. The van der Waals surface area contributed by atoms with Gasteiger partial charge in [0.15, 0.2) is 0 Å². The lowest BCUT2D eigenvalue weighted by Crippen LogP contribution is -2.39. The molecule has 0 bridgehead atoms. The molecule has 0 atom stereocenters. The number of rotatable bonds is 3. The van der Waals surface area contributed by atoms with Crippen molar-refractivity contribution in [2.45, 2.75) is 44.6 Å². The van der Waals surface area contributed by atoms with Crippen molar-refractivity contribution in [2.24, 2.45) is 5.41 Å². The highest BCUT2D eigenvalue weighted by atomic mass is 32.2. The number of aryl methyl sites for hydroxylation is 1. The maximum Gasteiger partial charge on any atom is 0.297 e. The first-order valence-corrected chi connectivity index (χ1v) is 7.19. The maximum atomic E-state index is 11.9. The van der Waals surface area contributed by atoms with E-state index in [0.717, 1.165) is 18.4 Å². The van der Waals surface area contributed by atoms with Gasteiger partial charge in [-0.15, -0.1) is 0 Å². The zero-order chi connectivity index (χ0) is 12.7. The van der Waals surface area contributed by atoms with Crippen molar-refractivity contribution >= 4 is 10.1 Å². The fourth-order valence-electron chi connectivity index (χ4n) is 2.18. The molecule has 1 aromatic rings. The maximum absolute atomic E-state index is 11.9. The molecule has 1 aliphatic rings. The molecule has 0 N–H and O–H groups in total. The van der Waals surface area contributed by atoms with Crippen LogP contribution in [-0.2, 0) is 14.3 Å². The zero-order valence-corrected chi connectivity index (χ0v) is 11.3. The van der Waals surface area contributed by atoms with Crippen LogP contribution in [0.4, 0.5) is 0 Å². The van der Waals surface area contributed by atoms with E-state index >= 15 is 0 Å². The Morgan fingerprint density at radius 1 is 1.18 bits per heavy atom. The van der Waals surface area contributed by atoms with Gasteiger partial charge in [-0.2, -0.15) is 8.42 Å². The van der Waals surface area contributed by atoms with E-state index in [2.05, 4.69) is 13.8 Å². The van der Waals surface area contributed by atoms with E-state index in [1.807, 2.05) is 6.92 Å². The summed E-state index contributed by atoms with van der Waals surface area (Å²) in [4.78, 5) is 0.243. The van der Waals surface area contributed by atoms with Crippen molar-refractivity contribution in [2.75, 3.05) is 0 Å². The van der Waals surface area contributed by atoms with Gasteiger partial charge < -0.3 is 0 Å². The van der Waals surface area contributed by atoms with Crippen LogP contribution in [0.5, 0.6) is 0 Å². The highest BCUT2D eigenvalue weighted by molar-refractivity contribution is 7.86. The molecule has 0 heterocycles. The Morgan fingerprint density at radius 2 is 1.71 bits per heavy atom. The summed E-state index contributed by atoms with van der Waals surface area (Å²) in [7, 11) is -3.59. The van der Waals surface area contributed by atoms with Gasteiger partial charge in [-0.1, -0.05) is 31.5 Å². The van der Waals surface area contributed by atoms with Gasteiger partial charge in [-0.3, -0.25) is 4.18 Å². The van der Waals surface area contributed by atoms with Crippen molar-refractivity contribution in [1.29, 1.82) is 0 Å². The van der Waals surface area contributed by atoms with Crippen LogP contribution in [0.25, 0.3) is 0 Å². The zero-order valence-electron chi connectivity index (χ0n) is 10.4. The lowest BCUT2D eigenvalue weighted by molar-refractivity contribution is 0.0153. The molecule has 0 saturated heterocycles. The molecular formula is C13H18O3S. The predicted molar refractivity (Wildman–Crippen MR) is 66.3 cm³/mol. The van der Waals surface area contributed by atoms with Crippen molar-refractivity contribution in [3.63, 3.8) is 0 Å². The fourth-order valence-corrected chi connectivity index (χ4v) is 3.26. The van der Waals surface area contributed by atoms with E-state index in [9.17, 15) is 8.42 Å². The molecule has 0 unspecified atom stereocenters. The number of benzene rings is 1. The molecule has 17 heavy (non-hydrogen) atoms. The topological polar surface area (TPSA) is 43.4 Å². The van der Waals surface area contributed by atoms with E-state index in [-0.39, 0.29) is 16.4 Å². The van der Waals surface area contributed by atoms with Crippen LogP contribution in [0, 0.1) is 12.3 Å². The fraction of sp³-hybridized carbons (Fsp3) is 0.538. The molecular weight excluding hydrogens is 236 g/mol. The van der Waals surface area contributed by atoms with Gasteiger partial charge in [0, 0.05) is 0 Å². The monoisotopic (exact) mass is 254 g/mol. The molecule has 1 aliphatic carbocycles. The molecule has 1 fully saturated rings. The molecule has 94 valence electrons. The molecule has 0 spiro atoms. The van der Waals surface area contributed by atoms with Gasteiger partial charge >= 0.3 is 0 Å². The van der Waals surface area contributed by atoms with E-state index in [4.69, 9.17) is 4.18 Å². The molecule has 3 nitrogen and oxygen atoms in total. The minimum absolute atomic E-state index is 0.156. The first-order valence-electron chi connectivity index (χ1n) is 5.78. The van der Waals surface area contributed by atoms with Crippen molar-refractivity contribution in [3.8, 4) is 0 Å². The minimum atomic E-state index is -3.59. The second-order valence-electron chi connectivity index (χ2n) is 5.56. The molecule has 0 radical (unpaired) electrons. The van der Waals surface area contributed by atoms with Gasteiger partial charge in [0.1, 0.15) is 0 Å². The third-order valence-corrected chi connectivity index (χ3v) is 4.51. The van der Waals surface area contributed by atoms with Gasteiger partial charge in [-0.05, 0) is 37.3 Å². The Kier molecular flexibility index (Phi) is 3.04. The van der Waals surface area contributed by atoms with Crippen LogP contribution in [0.3, 0.4) is 0 Å². The third-order valence-electron chi connectivity index (χ3n) is 3.13. The van der Waals surface area contributed by atoms with Crippen LogP contribution in [0.2, 0.25) is 0 Å². The summed E-state index contributed by atoms with van der Waals surface area (Å²) in [6.45, 7) is 6.16. The molecule has 2 rings (SSSR count). The molecule has 0 aliphatic heterocycles. The van der Waals surface area contributed by atoms with E-state index in [1.54, 1.807) is 24.3 Å². The van der Waals surface area contributed by atoms with Gasteiger partial charge in [0.2, 0.25) is 0 Å². The third kappa shape index (κ3) is 2.87. The van der Waals surface area contributed by atoms with Crippen LogP contribution in [0.15, 0.2) is 29.2 Å². The Balaban J connectivity index is 2.07. The lowest BCUT2D eigenvalue weighted by atomic mass is 9.70. The quantitative estimate of drug-likeness (QED) is 0.779. The van der Waals surface area contributed by atoms with Crippen molar-refractivity contribution < 1.29 is 12.6 Å². The summed E-state index contributed by atoms with van der Waals surface area (Å²) in [5.41, 5.74) is 1.25. The smallest absolute Gasteiger partial charge is 0.263 e. The highest BCUT2D eigenvalue weighted by Crippen LogP contribution is 2.42. The Hall–Kier alpha value is -0.870. The molecule has 4 heteroatoms. The molecule has 1 aromatic carbocycles. The summed E-state index contributed by atoms with van der Waals surface area (Å²) >= 11 is 0. The Labute approximate surface area is 103 Å². The minimum Gasteiger partial charge on any atom is -0.263 e. The second-order valence-corrected chi connectivity index (χ2v) is 7.13. The highest BCUT2D eigenvalue weighted by Gasteiger charge is 2.39. The van der Waals surface area contributed by atoms with E-state index in [1.165, 1.54) is 0 Å². The largest absolute Gasteiger partial charge is 0.297 e. The lowest BCUT2D eigenvalue weighted by Gasteiger charge is -2.41. The molecule has 0 aromatic heterocycles. The normalized spacial score (nSPS) is 19.9. The Morgan fingerprint density at radius 3 is 2.18 bits per heavy atom. The van der Waals surface area contributed by atoms with E-state index in [0.29, 0.717) is 0 Å². The molecule has 0 amide bonds. The average Bonchev–Trinajstić information content (AvgIpc) is 2.14. The first kappa shape index (κ1) is 12.6. The molecule has 1 saturated carbocycles. The van der Waals surface area contributed by atoms with Crippen LogP contribution >= 0.6 is 0 Å². The summed E-state index contributed by atoms with van der Waals surface area (Å²) in [6, 6.07) is 6.74. The SMILES string of the molecule is Cc1ccc(S(=O)(=O)OC2CC(C)(C)C2)cc1.